The van der Waals surface area contributed by atoms with Crippen molar-refractivity contribution in [1.82, 2.24) is 19.5 Å². The van der Waals surface area contributed by atoms with Gasteiger partial charge < -0.3 is 14.0 Å². The third kappa shape index (κ3) is 5.90. The van der Waals surface area contributed by atoms with Crippen molar-refractivity contribution in [1.29, 1.82) is 0 Å². The van der Waals surface area contributed by atoms with Gasteiger partial charge in [0, 0.05) is 60.9 Å². The first-order valence-corrected chi connectivity index (χ1v) is 14.0. The number of nitrogens with zero attached hydrogens (tertiary/aromatic N) is 4. The molecular weight excluding hydrogens is 745 g/mol. The summed E-state index contributed by atoms with van der Waals surface area (Å²) >= 11 is 0. The van der Waals surface area contributed by atoms with E-state index < -0.39 is 33.3 Å². The van der Waals surface area contributed by atoms with E-state index in [1.807, 2.05) is 18.2 Å². The molecule has 0 fully saturated rings. The summed E-state index contributed by atoms with van der Waals surface area (Å²) in [5, 5.41) is 1.20. The molecule has 4 aromatic heterocycles. The summed E-state index contributed by atoms with van der Waals surface area (Å²) in [4.78, 5) is 13.1. The van der Waals surface area contributed by atoms with Crippen molar-refractivity contribution in [3.63, 3.8) is 0 Å². The van der Waals surface area contributed by atoms with E-state index in [9.17, 15) is 0 Å². The van der Waals surface area contributed by atoms with Gasteiger partial charge in [0.05, 0.1) is 22.4 Å². The standard InChI is InChI=1S/C28H22N3O.C12H10N.Ir/c1-17(2)19-9-4-6-13-24(19)31-25-14-7-5-12-23(25)30-27(31)22-11-8-10-20-21-16-15-18(3)29-28(21)32-26(20)22;1-10-7-8-12(13-9-10)11-5-3-2-4-6-11;/h4-10,12-17H,1-3H3;2-5,7-9H,1H3;/q2*-1;/i1D3,2D3,3D3,17D;1D3;. The molecule has 4 heterocycles. The Hall–Kier alpha value is -4.90. The van der Waals surface area contributed by atoms with Gasteiger partial charge in [0.25, 0.3) is 0 Å². The van der Waals surface area contributed by atoms with E-state index in [1.165, 1.54) is 24.4 Å². The van der Waals surface area contributed by atoms with E-state index >= 15 is 0 Å². The van der Waals surface area contributed by atoms with Gasteiger partial charge in [-0.3, -0.25) is 4.98 Å². The normalized spacial score (nSPS) is 16.6. The van der Waals surface area contributed by atoms with Gasteiger partial charge in [-0.05, 0) is 66.8 Å². The Morgan fingerprint density at radius 2 is 1.67 bits per heavy atom. The van der Waals surface area contributed by atoms with Crippen LogP contribution in [-0.4, -0.2) is 19.5 Å². The van der Waals surface area contributed by atoms with E-state index in [2.05, 4.69) is 22.1 Å². The Labute approximate surface area is 300 Å². The van der Waals surface area contributed by atoms with Crippen molar-refractivity contribution in [2.45, 2.75) is 33.3 Å². The molecule has 6 heteroatoms. The second-order valence-electron chi connectivity index (χ2n) is 10.1. The molecule has 0 N–H and O–H groups in total. The maximum atomic E-state index is 8.93. The molecule has 46 heavy (non-hydrogen) atoms. The van der Waals surface area contributed by atoms with Crippen LogP contribution in [0.3, 0.4) is 0 Å². The number of benzene rings is 4. The number of furan rings is 1. The maximum Gasteiger partial charge on any atom is 0.216 e. The van der Waals surface area contributed by atoms with E-state index in [1.54, 1.807) is 77.4 Å². The van der Waals surface area contributed by atoms with Crippen LogP contribution in [0.15, 0.2) is 120 Å². The number of aryl methyl sites for hydroxylation is 2. The van der Waals surface area contributed by atoms with Gasteiger partial charge >= 0.3 is 0 Å². The predicted molar refractivity (Wildman–Crippen MR) is 182 cm³/mol. The smallest absolute Gasteiger partial charge is 0.216 e. The quantitative estimate of drug-likeness (QED) is 0.167. The molecule has 0 aliphatic rings. The van der Waals surface area contributed by atoms with Crippen LogP contribution < -0.4 is 0 Å². The molecule has 4 aromatic carbocycles. The largest absolute Gasteiger partial charge is 0.486 e. The second kappa shape index (κ2) is 13.2. The van der Waals surface area contributed by atoms with E-state index in [-0.39, 0.29) is 54.2 Å². The van der Waals surface area contributed by atoms with Gasteiger partial charge in [0.2, 0.25) is 5.71 Å². The van der Waals surface area contributed by atoms with Gasteiger partial charge in [-0.2, -0.15) is 0 Å². The fourth-order valence-electron chi connectivity index (χ4n) is 5.21. The minimum atomic E-state index is -3.21. The van der Waals surface area contributed by atoms with Crippen LogP contribution in [-0.2, 0) is 20.1 Å². The SMILES string of the molecule is [2H]C([2H])([2H])c1ccc(-c2[c-]cccc2)nc1.[2H]C([2H])([2H])c1ccc2c(n1)oc1c(-c3nc4ccccc4n3-c3ccccc3C([2H])(C([2H])([2H])[2H])C([2H])([2H])[2H])[c-]ccc12.[Ir]. The van der Waals surface area contributed by atoms with Crippen LogP contribution in [0.4, 0.5) is 0 Å². The summed E-state index contributed by atoms with van der Waals surface area (Å²) in [6.45, 7) is -10.9. The fourth-order valence-corrected chi connectivity index (χ4v) is 5.21. The Balaban J connectivity index is 0.000000289. The molecule has 0 aliphatic carbocycles. The third-order valence-corrected chi connectivity index (χ3v) is 7.25. The van der Waals surface area contributed by atoms with Gasteiger partial charge in [0.1, 0.15) is 0 Å². The average molecular weight is 790 g/mol. The molecule has 8 aromatic rings. The molecule has 5 nitrogen and oxygen atoms in total. The van der Waals surface area contributed by atoms with Crippen LogP contribution in [0, 0.1) is 25.8 Å². The number of pyridine rings is 2. The number of aromatic nitrogens is 4. The Morgan fingerprint density at radius 1 is 0.804 bits per heavy atom. The zero-order valence-corrected chi connectivity index (χ0v) is 26.4. The molecule has 0 aliphatic heterocycles. The van der Waals surface area contributed by atoms with E-state index in [4.69, 9.17) is 27.2 Å². The Kier molecular flexibility index (Phi) is 5.44. The van der Waals surface area contributed by atoms with E-state index in [0.29, 0.717) is 33.0 Å². The molecule has 229 valence electrons. The van der Waals surface area contributed by atoms with Crippen LogP contribution in [0.1, 0.15) is 54.2 Å². The van der Waals surface area contributed by atoms with Crippen molar-refractivity contribution < 1.29 is 42.3 Å². The summed E-state index contributed by atoms with van der Waals surface area (Å²) in [7, 11) is 0. The van der Waals surface area contributed by atoms with Crippen molar-refractivity contribution in [3.05, 3.63) is 144 Å². The summed E-state index contributed by atoms with van der Waals surface area (Å²) in [5.74, 6) is -2.72. The van der Waals surface area contributed by atoms with Crippen LogP contribution in [0.25, 0.3) is 61.4 Å². The predicted octanol–water partition coefficient (Wildman–Crippen LogP) is 10.1. The number of fused-ring (bicyclic) bond motifs is 4. The topological polar surface area (TPSA) is 56.7 Å². The molecule has 0 bridgehead atoms. The average Bonchev–Trinajstić information content (AvgIpc) is 3.75. The molecule has 0 amide bonds. The first-order chi connectivity index (χ1) is 27.2. The Morgan fingerprint density at radius 3 is 2.48 bits per heavy atom. The van der Waals surface area contributed by atoms with Crippen molar-refractivity contribution >= 4 is 33.1 Å². The molecule has 0 saturated carbocycles. The summed E-state index contributed by atoms with van der Waals surface area (Å²) in [5.41, 5.74) is 3.46. The third-order valence-electron chi connectivity index (χ3n) is 7.25. The van der Waals surface area contributed by atoms with Gasteiger partial charge in [-0.1, -0.05) is 67.1 Å². The summed E-state index contributed by atoms with van der Waals surface area (Å²) in [6, 6.07) is 36.4. The monoisotopic (exact) mass is 790 g/mol. The summed E-state index contributed by atoms with van der Waals surface area (Å²) in [6.07, 6.45) is 1.39. The molecule has 0 unspecified atom stereocenters. The molecule has 8 rings (SSSR count). The number of rotatable bonds is 4. The van der Waals surface area contributed by atoms with E-state index in [0.717, 1.165) is 11.3 Å². The number of hydrogen-bond acceptors (Lipinski definition) is 4. The zero-order chi connectivity index (χ0) is 41.8. The first kappa shape index (κ1) is 18.9. The minimum Gasteiger partial charge on any atom is -0.486 e. The van der Waals surface area contributed by atoms with Crippen molar-refractivity contribution in [3.8, 4) is 28.3 Å². The second-order valence-corrected chi connectivity index (χ2v) is 10.1. The minimum absolute atomic E-state index is 0. The van der Waals surface area contributed by atoms with Crippen LogP contribution >= 0.6 is 0 Å². The number of para-hydroxylation sites is 3. The van der Waals surface area contributed by atoms with Gasteiger partial charge in [-0.25, -0.2) is 4.98 Å². The molecule has 0 saturated heterocycles. The molecule has 0 spiro atoms. The van der Waals surface area contributed by atoms with Crippen molar-refractivity contribution in [2.75, 3.05) is 0 Å². The zero-order valence-electron chi connectivity index (χ0n) is 37.0. The molecular formula is C40H32IrN4O-2. The Bertz CT molecular complexity index is 2740. The molecule has 0 atom stereocenters. The number of hydrogen-bond donors (Lipinski definition) is 0. The van der Waals surface area contributed by atoms with Crippen molar-refractivity contribution in [2.24, 2.45) is 0 Å². The molecule has 1 radical (unpaired) electrons. The van der Waals surface area contributed by atoms with Crippen LogP contribution in [0.2, 0.25) is 0 Å². The van der Waals surface area contributed by atoms with Gasteiger partial charge in [0.15, 0.2) is 0 Å². The van der Waals surface area contributed by atoms with Crippen LogP contribution in [0.5, 0.6) is 0 Å². The first-order valence-electron chi connectivity index (χ1n) is 20.5. The maximum absolute atomic E-state index is 8.93. The summed E-state index contributed by atoms with van der Waals surface area (Å²) < 4.78 is 110. The fraction of sp³-hybridized carbons (Fsp3) is 0.125. The number of imidazole rings is 1. The van der Waals surface area contributed by atoms with Gasteiger partial charge in [-0.15, -0.1) is 54.1 Å².